The molecule has 0 radical (unpaired) electrons. The lowest BCUT2D eigenvalue weighted by Gasteiger charge is -2.49. The van der Waals surface area contributed by atoms with Crippen LogP contribution in [-0.4, -0.2) is 22.2 Å². The number of anilines is 1. The molecule has 0 spiro atoms. The lowest BCUT2D eigenvalue weighted by molar-refractivity contribution is -0.0510. The average molecular weight is 274 g/mol. The Bertz CT molecular complexity index is 565. The molecule has 2 aromatic rings. The third-order valence-electron chi connectivity index (χ3n) is 4.10. The van der Waals surface area contributed by atoms with E-state index in [2.05, 4.69) is 42.3 Å². The summed E-state index contributed by atoms with van der Waals surface area (Å²) in [4.78, 5) is 4.33. The first-order chi connectivity index (χ1) is 9.07. The monoisotopic (exact) mass is 274 g/mol. The van der Waals surface area contributed by atoms with Crippen molar-refractivity contribution in [1.82, 2.24) is 4.98 Å². The molecule has 1 fully saturated rings. The van der Waals surface area contributed by atoms with Crippen LogP contribution >= 0.6 is 11.3 Å². The number of rotatable bonds is 3. The van der Waals surface area contributed by atoms with Crippen LogP contribution in [0.3, 0.4) is 0 Å². The minimum absolute atomic E-state index is 0.0583. The first-order valence-corrected chi connectivity index (χ1v) is 7.40. The smallest absolute Gasteiger partial charge is 0.123 e. The number of benzene rings is 1. The molecule has 0 saturated heterocycles. The second-order valence-electron chi connectivity index (χ2n) is 5.69. The quantitative estimate of drug-likeness (QED) is 0.902. The van der Waals surface area contributed by atoms with Crippen molar-refractivity contribution >= 4 is 17.0 Å². The molecule has 2 atom stereocenters. The van der Waals surface area contributed by atoms with E-state index in [-0.39, 0.29) is 11.5 Å². The van der Waals surface area contributed by atoms with Crippen LogP contribution in [0.1, 0.15) is 20.3 Å². The van der Waals surface area contributed by atoms with Crippen molar-refractivity contribution in [3.63, 3.8) is 0 Å². The van der Waals surface area contributed by atoms with E-state index in [0.29, 0.717) is 6.04 Å². The normalized spacial score (nSPS) is 24.8. The van der Waals surface area contributed by atoms with Gasteiger partial charge in [0.25, 0.3) is 0 Å². The summed E-state index contributed by atoms with van der Waals surface area (Å²) in [5.74, 6) is 0. The first-order valence-electron chi connectivity index (χ1n) is 6.52. The number of hydrogen-bond donors (Lipinski definition) is 2. The van der Waals surface area contributed by atoms with Crippen molar-refractivity contribution < 1.29 is 5.11 Å². The Morgan fingerprint density at radius 1 is 1.42 bits per heavy atom. The van der Waals surface area contributed by atoms with Crippen molar-refractivity contribution in [2.75, 3.05) is 5.32 Å². The number of aliphatic hydroxyl groups is 1. The van der Waals surface area contributed by atoms with Gasteiger partial charge < -0.3 is 10.4 Å². The van der Waals surface area contributed by atoms with Crippen LogP contribution in [0.4, 0.5) is 5.69 Å². The maximum atomic E-state index is 9.78. The lowest BCUT2D eigenvalue weighted by atomic mass is 9.64. The van der Waals surface area contributed by atoms with Crippen molar-refractivity contribution in [2.45, 2.75) is 32.4 Å². The van der Waals surface area contributed by atoms with E-state index < -0.39 is 0 Å². The van der Waals surface area contributed by atoms with E-state index in [0.717, 1.165) is 22.7 Å². The Morgan fingerprint density at radius 2 is 2.26 bits per heavy atom. The molecule has 2 N–H and O–H groups in total. The van der Waals surface area contributed by atoms with Crippen molar-refractivity contribution in [2.24, 2.45) is 5.41 Å². The highest BCUT2D eigenvalue weighted by molar-refractivity contribution is 7.13. The Balaban J connectivity index is 1.78. The minimum Gasteiger partial charge on any atom is -0.392 e. The maximum absolute atomic E-state index is 9.78. The first kappa shape index (κ1) is 12.6. The molecule has 0 amide bonds. The Morgan fingerprint density at radius 3 is 2.89 bits per heavy atom. The van der Waals surface area contributed by atoms with Gasteiger partial charge in [-0.15, -0.1) is 11.3 Å². The van der Waals surface area contributed by atoms with Gasteiger partial charge in [-0.05, 0) is 18.6 Å². The molecule has 1 aliphatic carbocycles. The molecule has 2 unspecified atom stereocenters. The summed E-state index contributed by atoms with van der Waals surface area (Å²) < 4.78 is 0. The van der Waals surface area contributed by atoms with E-state index >= 15 is 0 Å². The lowest BCUT2D eigenvalue weighted by Crippen LogP contribution is -2.56. The molecule has 3 rings (SSSR count). The van der Waals surface area contributed by atoms with Crippen LogP contribution < -0.4 is 5.32 Å². The van der Waals surface area contributed by atoms with Crippen molar-refractivity contribution in [3.8, 4) is 10.6 Å². The highest BCUT2D eigenvalue weighted by atomic mass is 32.1. The zero-order valence-electron chi connectivity index (χ0n) is 11.1. The fraction of sp³-hybridized carbons (Fsp3) is 0.400. The third kappa shape index (κ3) is 2.26. The number of hydrogen-bond acceptors (Lipinski definition) is 4. The van der Waals surface area contributed by atoms with E-state index in [4.69, 9.17) is 0 Å². The predicted octanol–water partition coefficient (Wildman–Crippen LogP) is 3.38. The average Bonchev–Trinajstić information content (AvgIpc) is 2.93. The summed E-state index contributed by atoms with van der Waals surface area (Å²) in [6.07, 6.45) is 2.44. The number of nitrogens with zero attached hydrogens (tertiary/aromatic N) is 1. The molecule has 1 aromatic carbocycles. The van der Waals surface area contributed by atoms with E-state index in [1.54, 1.807) is 11.3 Å². The second-order valence-corrected chi connectivity index (χ2v) is 6.58. The van der Waals surface area contributed by atoms with Crippen LogP contribution in [-0.2, 0) is 0 Å². The van der Waals surface area contributed by atoms with E-state index in [1.165, 1.54) is 0 Å². The van der Waals surface area contributed by atoms with Crippen LogP contribution in [0.5, 0.6) is 0 Å². The van der Waals surface area contributed by atoms with Crippen LogP contribution in [0.25, 0.3) is 10.6 Å². The summed E-state index contributed by atoms with van der Waals surface area (Å²) in [6, 6.07) is 8.64. The van der Waals surface area contributed by atoms with Gasteiger partial charge in [0.05, 0.1) is 6.10 Å². The molecule has 3 nitrogen and oxygen atoms in total. The van der Waals surface area contributed by atoms with Gasteiger partial charge in [0.1, 0.15) is 5.01 Å². The number of aromatic nitrogens is 1. The van der Waals surface area contributed by atoms with Gasteiger partial charge in [-0.2, -0.15) is 0 Å². The zero-order chi connectivity index (χ0) is 13.5. The largest absolute Gasteiger partial charge is 0.392 e. The van der Waals surface area contributed by atoms with E-state index in [9.17, 15) is 5.11 Å². The van der Waals surface area contributed by atoms with Gasteiger partial charge in [-0.25, -0.2) is 4.98 Å². The molecule has 1 aromatic heterocycles. The highest BCUT2D eigenvalue weighted by Crippen LogP contribution is 2.42. The number of thiazole rings is 1. The SMILES string of the molecule is CC1(C)C(O)CC1Nc1cccc(-c2nccs2)c1. The van der Waals surface area contributed by atoms with Gasteiger partial charge in [-0.1, -0.05) is 26.0 Å². The Labute approximate surface area is 117 Å². The molecule has 0 aliphatic heterocycles. The summed E-state index contributed by atoms with van der Waals surface area (Å²) in [5, 5.41) is 16.3. The zero-order valence-corrected chi connectivity index (χ0v) is 11.9. The Kier molecular flexibility index (Phi) is 3.07. The van der Waals surface area contributed by atoms with Gasteiger partial charge in [-0.3, -0.25) is 0 Å². The van der Waals surface area contributed by atoms with Gasteiger partial charge >= 0.3 is 0 Å². The van der Waals surface area contributed by atoms with Crippen molar-refractivity contribution in [3.05, 3.63) is 35.8 Å². The number of aliphatic hydroxyl groups excluding tert-OH is 1. The van der Waals surface area contributed by atoms with Gasteiger partial charge in [0.2, 0.25) is 0 Å². The van der Waals surface area contributed by atoms with Gasteiger partial charge in [0.15, 0.2) is 0 Å². The van der Waals surface area contributed by atoms with E-state index in [1.807, 2.05) is 17.6 Å². The highest BCUT2D eigenvalue weighted by Gasteiger charge is 2.47. The fourth-order valence-corrected chi connectivity index (χ4v) is 3.09. The molecule has 0 bridgehead atoms. The molecular weight excluding hydrogens is 256 g/mol. The van der Waals surface area contributed by atoms with Crippen LogP contribution in [0.2, 0.25) is 0 Å². The number of nitrogens with one attached hydrogen (secondary N) is 1. The Hall–Kier alpha value is -1.39. The third-order valence-corrected chi connectivity index (χ3v) is 4.92. The summed E-state index contributed by atoms with van der Waals surface area (Å²) in [5.41, 5.74) is 2.17. The second kappa shape index (κ2) is 4.62. The van der Waals surface area contributed by atoms with Crippen molar-refractivity contribution in [1.29, 1.82) is 0 Å². The molecule has 1 heterocycles. The summed E-state index contributed by atoms with van der Waals surface area (Å²) in [6.45, 7) is 4.20. The minimum atomic E-state index is -0.202. The summed E-state index contributed by atoms with van der Waals surface area (Å²) >= 11 is 1.64. The fourth-order valence-electron chi connectivity index (χ4n) is 2.46. The summed E-state index contributed by atoms with van der Waals surface area (Å²) in [7, 11) is 0. The molecule has 1 aliphatic rings. The van der Waals surface area contributed by atoms with Crippen LogP contribution in [0, 0.1) is 5.41 Å². The van der Waals surface area contributed by atoms with Crippen LogP contribution in [0.15, 0.2) is 35.8 Å². The van der Waals surface area contributed by atoms with Gasteiger partial charge in [0, 0.05) is 34.3 Å². The molecule has 19 heavy (non-hydrogen) atoms. The standard InChI is InChI=1S/C15H18N2OS/c1-15(2)12(9-13(15)18)17-11-5-3-4-10(8-11)14-16-6-7-19-14/h3-8,12-13,17-18H,9H2,1-2H3. The molecule has 100 valence electrons. The molecule has 1 saturated carbocycles. The predicted molar refractivity (Wildman–Crippen MR) is 79.4 cm³/mol. The topological polar surface area (TPSA) is 45.1 Å². The maximum Gasteiger partial charge on any atom is 0.123 e. The molecular formula is C15H18N2OS. The molecule has 4 heteroatoms.